The van der Waals surface area contributed by atoms with Crippen LogP contribution in [0.2, 0.25) is 5.02 Å². The van der Waals surface area contributed by atoms with Gasteiger partial charge >= 0.3 is 0 Å². The molecule has 2 heterocycles. The van der Waals surface area contributed by atoms with Crippen LogP contribution in [0.5, 0.6) is 0 Å². The molecule has 2 N–H and O–H groups in total. The Hall–Kier alpha value is -3.19. The number of carbonyl (C=O) groups is 1. The molecule has 8 heteroatoms. The summed E-state index contributed by atoms with van der Waals surface area (Å²) < 4.78 is 1.59. The summed E-state index contributed by atoms with van der Waals surface area (Å²) in [5.41, 5.74) is 2.81. The van der Waals surface area contributed by atoms with E-state index in [4.69, 9.17) is 11.6 Å². The van der Waals surface area contributed by atoms with E-state index in [-0.39, 0.29) is 5.91 Å². The van der Waals surface area contributed by atoms with Crippen LogP contribution in [-0.2, 0) is 4.79 Å². The lowest BCUT2D eigenvalue weighted by atomic mass is 9.95. The number of aromatic nitrogens is 4. The first-order valence-corrected chi connectivity index (χ1v) is 8.39. The number of benzene rings is 2. The predicted octanol–water partition coefficient (Wildman–Crippen LogP) is 3.25. The highest BCUT2D eigenvalue weighted by atomic mass is 35.5. The third-order valence-corrected chi connectivity index (χ3v) is 4.43. The van der Waals surface area contributed by atoms with Crippen LogP contribution in [0.25, 0.3) is 0 Å². The largest absolute Gasteiger partial charge is 0.326 e. The molecular weight excluding hydrogens is 352 g/mol. The van der Waals surface area contributed by atoms with E-state index in [1.807, 2.05) is 49.4 Å². The second kappa shape index (κ2) is 6.61. The van der Waals surface area contributed by atoms with E-state index in [9.17, 15) is 4.79 Å². The molecule has 26 heavy (non-hydrogen) atoms. The first-order valence-electron chi connectivity index (χ1n) is 8.01. The fraction of sp³-hybridized carbons (Fsp3) is 0.111. The number of nitrogens with zero attached hydrogens (tertiary/aromatic N) is 4. The third kappa shape index (κ3) is 2.93. The van der Waals surface area contributed by atoms with Crippen molar-refractivity contribution in [2.45, 2.75) is 13.0 Å². The van der Waals surface area contributed by atoms with Crippen LogP contribution in [0, 0.1) is 0 Å². The maximum atomic E-state index is 13.0. The van der Waals surface area contributed by atoms with Crippen LogP contribution in [0.1, 0.15) is 18.5 Å². The zero-order valence-corrected chi connectivity index (χ0v) is 14.6. The van der Waals surface area contributed by atoms with Gasteiger partial charge in [0.1, 0.15) is 6.04 Å². The molecule has 1 aromatic heterocycles. The quantitative estimate of drug-likeness (QED) is 0.743. The van der Waals surface area contributed by atoms with Gasteiger partial charge in [0.15, 0.2) is 0 Å². The lowest BCUT2D eigenvalue weighted by molar-refractivity contribution is -0.113. The summed E-state index contributed by atoms with van der Waals surface area (Å²) in [5, 5.41) is 18.4. The average molecular weight is 367 g/mol. The minimum atomic E-state index is -0.456. The van der Waals surface area contributed by atoms with Crippen molar-refractivity contribution in [3.8, 4) is 0 Å². The average Bonchev–Trinajstić information content (AvgIpc) is 3.10. The molecule has 1 aliphatic rings. The number of anilines is 2. The molecule has 1 aliphatic heterocycles. The van der Waals surface area contributed by atoms with Gasteiger partial charge in [0, 0.05) is 16.4 Å². The lowest BCUT2D eigenvalue weighted by Gasteiger charge is -2.28. The van der Waals surface area contributed by atoms with Crippen molar-refractivity contribution < 1.29 is 4.79 Å². The fourth-order valence-electron chi connectivity index (χ4n) is 2.98. The summed E-state index contributed by atoms with van der Waals surface area (Å²) >= 11 is 6.01. The molecule has 3 aromatic rings. The highest BCUT2D eigenvalue weighted by molar-refractivity contribution is 6.30. The zero-order chi connectivity index (χ0) is 18.1. The normalized spacial score (nSPS) is 16.0. The summed E-state index contributed by atoms with van der Waals surface area (Å²) in [6, 6.07) is 16.1. The molecule has 0 saturated heterocycles. The van der Waals surface area contributed by atoms with Gasteiger partial charge in [0.25, 0.3) is 5.91 Å². The smallest absolute Gasteiger partial charge is 0.255 e. The molecule has 0 bridgehead atoms. The van der Waals surface area contributed by atoms with Crippen molar-refractivity contribution in [2.24, 2.45) is 0 Å². The van der Waals surface area contributed by atoms with E-state index in [2.05, 4.69) is 26.2 Å². The van der Waals surface area contributed by atoms with Crippen LogP contribution in [-0.4, -0.2) is 26.1 Å². The summed E-state index contributed by atoms with van der Waals surface area (Å²) in [6.45, 7) is 1.83. The van der Waals surface area contributed by atoms with Crippen molar-refractivity contribution in [3.05, 3.63) is 76.5 Å². The van der Waals surface area contributed by atoms with Crippen LogP contribution in [0.3, 0.4) is 0 Å². The van der Waals surface area contributed by atoms with Crippen LogP contribution in [0.4, 0.5) is 11.6 Å². The standard InChI is InChI=1S/C18H15ClN6O/c1-11-15(17(26)21-14-5-3-2-4-6-14)16(12-7-9-13(19)10-8-12)25-18(20-11)22-23-24-25/h2-10,16H,1H3,(H,21,26)(H,20,22,24)/t16-/m1/s1. The topological polar surface area (TPSA) is 84.7 Å². The lowest BCUT2D eigenvalue weighted by Crippen LogP contribution is -2.31. The van der Waals surface area contributed by atoms with E-state index in [1.54, 1.807) is 16.8 Å². The highest BCUT2D eigenvalue weighted by Gasteiger charge is 2.33. The Morgan fingerprint density at radius 2 is 1.88 bits per heavy atom. The van der Waals surface area contributed by atoms with Gasteiger partial charge in [-0.15, -0.1) is 0 Å². The van der Waals surface area contributed by atoms with E-state index in [1.165, 1.54) is 0 Å². The van der Waals surface area contributed by atoms with Gasteiger partial charge in [0.2, 0.25) is 5.95 Å². The van der Waals surface area contributed by atoms with E-state index in [0.29, 0.717) is 22.2 Å². The van der Waals surface area contributed by atoms with Gasteiger partial charge in [-0.2, -0.15) is 4.68 Å². The van der Waals surface area contributed by atoms with Crippen LogP contribution < -0.4 is 10.6 Å². The summed E-state index contributed by atoms with van der Waals surface area (Å²) in [6.07, 6.45) is 0. The van der Waals surface area contributed by atoms with Gasteiger partial charge in [-0.3, -0.25) is 4.79 Å². The number of hydrogen-bond acceptors (Lipinski definition) is 5. The Kier molecular flexibility index (Phi) is 4.14. The van der Waals surface area contributed by atoms with Crippen LogP contribution >= 0.6 is 11.6 Å². The fourth-order valence-corrected chi connectivity index (χ4v) is 3.11. The van der Waals surface area contributed by atoms with Crippen molar-refractivity contribution in [3.63, 3.8) is 0 Å². The molecule has 4 rings (SSSR count). The third-order valence-electron chi connectivity index (χ3n) is 4.18. The number of rotatable bonds is 3. The Morgan fingerprint density at radius 1 is 1.15 bits per heavy atom. The van der Waals surface area contributed by atoms with Crippen LogP contribution in [0.15, 0.2) is 65.9 Å². The number of hydrogen-bond donors (Lipinski definition) is 2. The monoisotopic (exact) mass is 366 g/mol. The number of tetrazole rings is 1. The Labute approximate surface area is 154 Å². The van der Waals surface area contributed by atoms with E-state index >= 15 is 0 Å². The number of nitrogens with one attached hydrogen (secondary N) is 2. The van der Waals surface area contributed by atoms with E-state index in [0.717, 1.165) is 11.3 Å². The van der Waals surface area contributed by atoms with Crippen molar-refractivity contribution in [1.29, 1.82) is 0 Å². The molecule has 0 spiro atoms. The predicted molar refractivity (Wildman–Crippen MR) is 98.8 cm³/mol. The Balaban J connectivity index is 1.77. The maximum absolute atomic E-state index is 13.0. The number of amides is 1. The molecule has 1 amide bonds. The number of carbonyl (C=O) groups excluding carboxylic acids is 1. The SMILES string of the molecule is CC1=C(C(=O)Nc2ccccc2)[C@@H](c2ccc(Cl)cc2)n2nnnc2N1. The molecular formula is C18H15ClN6O. The Morgan fingerprint density at radius 3 is 2.62 bits per heavy atom. The molecule has 130 valence electrons. The van der Waals surface area contributed by atoms with E-state index < -0.39 is 6.04 Å². The molecule has 0 unspecified atom stereocenters. The number of para-hydroxylation sites is 1. The second-order valence-corrected chi connectivity index (χ2v) is 6.32. The van der Waals surface area contributed by atoms with Gasteiger partial charge in [-0.05, 0) is 47.2 Å². The van der Waals surface area contributed by atoms with Crippen molar-refractivity contribution in [1.82, 2.24) is 20.2 Å². The molecule has 0 radical (unpaired) electrons. The van der Waals surface area contributed by atoms with Gasteiger partial charge in [0.05, 0.1) is 5.57 Å². The Bertz CT molecular complexity index is 980. The molecule has 0 fully saturated rings. The van der Waals surface area contributed by atoms with Gasteiger partial charge in [-0.1, -0.05) is 47.0 Å². The maximum Gasteiger partial charge on any atom is 0.255 e. The number of fused-ring (bicyclic) bond motifs is 1. The summed E-state index contributed by atoms with van der Waals surface area (Å²) in [5.74, 6) is 0.265. The van der Waals surface area contributed by atoms with Crippen molar-refractivity contribution in [2.75, 3.05) is 10.6 Å². The minimum Gasteiger partial charge on any atom is -0.326 e. The molecule has 2 aromatic carbocycles. The molecule has 1 atom stereocenters. The second-order valence-electron chi connectivity index (χ2n) is 5.88. The first-order chi connectivity index (χ1) is 12.6. The first kappa shape index (κ1) is 16.3. The summed E-state index contributed by atoms with van der Waals surface area (Å²) in [7, 11) is 0. The molecule has 0 aliphatic carbocycles. The van der Waals surface area contributed by atoms with Gasteiger partial charge in [-0.25, -0.2) is 0 Å². The molecule has 7 nitrogen and oxygen atoms in total. The number of allylic oxidation sites excluding steroid dienone is 1. The van der Waals surface area contributed by atoms with Crippen molar-refractivity contribution >= 4 is 29.1 Å². The van der Waals surface area contributed by atoms with Gasteiger partial charge < -0.3 is 10.6 Å². The highest BCUT2D eigenvalue weighted by Crippen LogP contribution is 2.35. The minimum absolute atomic E-state index is 0.220. The summed E-state index contributed by atoms with van der Waals surface area (Å²) in [4.78, 5) is 13.0. The number of halogens is 1. The molecule has 0 saturated carbocycles. The zero-order valence-electron chi connectivity index (χ0n) is 13.8.